The van der Waals surface area contributed by atoms with Crippen LogP contribution in [0.3, 0.4) is 0 Å². The zero-order valence-electron chi connectivity index (χ0n) is 19.9. The summed E-state index contributed by atoms with van der Waals surface area (Å²) in [5.41, 5.74) is 2.48. The molecule has 0 spiro atoms. The highest BCUT2D eigenvalue weighted by Crippen LogP contribution is 2.39. The second-order valence-corrected chi connectivity index (χ2v) is 10.2. The molecule has 1 aliphatic rings. The zero-order chi connectivity index (χ0) is 27.2. The molecular formula is C27H19BrClN3O5S. The number of ether oxygens (including phenoxy) is 2. The van der Waals surface area contributed by atoms with E-state index in [2.05, 4.69) is 27.3 Å². The Morgan fingerprint density at radius 2 is 1.95 bits per heavy atom. The smallest absolute Gasteiger partial charge is 0.294 e. The van der Waals surface area contributed by atoms with Crippen LogP contribution < -0.4 is 14.8 Å². The van der Waals surface area contributed by atoms with Crippen molar-refractivity contribution in [3.05, 3.63) is 91.8 Å². The highest BCUT2D eigenvalue weighted by atomic mass is 79.9. The summed E-state index contributed by atoms with van der Waals surface area (Å²) in [6.45, 7) is -0.181. The Kier molecular flexibility index (Phi) is 8.73. The fraction of sp³-hybridized carbons (Fsp3) is 0.111. The lowest BCUT2D eigenvalue weighted by Crippen LogP contribution is -2.36. The summed E-state index contributed by atoms with van der Waals surface area (Å²) < 4.78 is 12.0. The third kappa shape index (κ3) is 6.55. The number of rotatable bonds is 8. The number of nitriles is 1. The first-order valence-electron chi connectivity index (χ1n) is 11.1. The third-order valence-corrected chi connectivity index (χ3v) is 7.03. The molecule has 0 atom stereocenters. The molecule has 0 aromatic heterocycles. The van der Waals surface area contributed by atoms with E-state index in [0.717, 1.165) is 22.2 Å². The predicted molar refractivity (Wildman–Crippen MR) is 149 cm³/mol. The van der Waals surface area contributed by atoms with Gasteiger partial charge in [0.1, 0.15) is 13.2 Å². The number of thioether (sulfide) groups is 1. The Labute approximate surface area is 236 Å². The molecule has 38 heavy (non-hydrogen) atoms. The molecule has 1 N–H and O–H groups in total. The number of hydrogen-bond acceptors (Lipinski definition) is 7. The molecule has 1 saturated heterocycles. The van der Waals surface area contributed by atoms with E-state index >= 15 is 0 Å². The van der Waals surface area contributed by atoms with Crippen LogP contribution in [0.15, 0.2) is 70.0 Å². The van der Waals surface area contributed by atoms with E-state index in [1.165, 1.54) is 7.11 Å². The van der Waals surface area contributed by atoms with Gasteiger partial charge >= 0.3 is 0 Å². The molecule has 11 heteroatoms. The number of methoxy groups -OCH3 is 1. The first-order valence-corrected chi connectivity index (χ1v) is 13.1. The molecule has 3 amide bonds. The van der Waals surface area contributed by atoms with Crippen molar-refractivity contribution < 1.29 is 23.9 Å². The fourth-order valence-electron chi connectivity index (χ4n) is 3.49. The molecule has 1 fully saturated rings. The molecular weight excluding hydrogens is 594 g/mol. The fourth-order valence-corrected chi connectivity index (χ4v) is 5.09. The summed E-state index contributed by atoms with van der Waals surface area (Å²) in [7, 11) is 1.49. The highest BCUT2D eigenvalue weighted by molar-refractivity contribution is 9.10. The van der Waals surface area contributed by atoms with Crippen molar-refractivity contribution in [1.29, 1.82) is 5.26 Å². The monoisotopic (exact) mass is 611 g/mol. The third-order valence-electron chi connectivity index (χ3n) is 5.30. The SMILES string of the molecule is COc1cc(/C=C2/SC(=O)N(CC(=O)Nc3cccc(Cl)c3)C2=O)cc(Br)c1OCc1ccc(C#N)cc1. The number of nitrogens with one attached hydrogen (secondary N) is 1. The number of halogens is 2. The molecule has 8 nitrogen and oxygen atoms in total. The van der Waals surface area contributed by atoms with Crippen LogP contribution in [0.4, 0.5) is 10.5 Å². The largest absolute Gasteiger partial charge is 0.493 e. The maximum atomic E-state index is 12.9. The summed E-state index contributed by atoms with van der Waals surface area (Å²) in [5, 5.41) is 11.5. The van der Waals surface area contributed by atoms with Gasteiger partial charge in [-0.05, 0) is 87.4 Å². The number of carbonyl (C=O) groups excluding carboxylic acids is 3. The predicted octanol–water partition coefficient (Wildman–Crippen LogP) is 6.24. The van der Waals surface area contributed by atoms with Gasteiger partial charge in [0.2, 0.25) is 5.91 Å². The normalized spacial score (nSPS) is 13.9. The number of hydrogen-bond donors (Lipinski definition) is 1. The standard InChI is InChI=1S/C27H19BrClN3O5S/c1-36-22-10-18(9-21(28)25(22)37-15-17-7-5-16(13-30)6-8-17)11-23-26(34)32(27(35)38-23)14-24(33)31-20-4-2-3-19(29)12-20/h2-12H,14-15H2,1H3,(H,31,33)/b23-11+. The van der Waals surface area contributed by atoms with Crippen molar-refractivity contribution >= 4 is 68.1 Å². The van der Waals surface area contributed by atoms with Crippen LogP contribution in [0.2, 0.25) is 5.02 Å². The Morgan fingerprint density at radius 1 is 1.18 bits per heavy atom. The maximum absolute atomic E-state index is 12.9. The van der Waals surface area contributed by atoms with Gasteiger partial charge in [0.15, 0.2) is 11.5 Å². The number of anilines is 1. The molecule has 1 heterocycles. The van der Waals surface area contributed by atoms with Crippen LogP contribution in [-0.4, -0.2) is 35.6 Å². The number of carbonyl (C=O) groups is 3. The van der Waals surface area contributed by atoms with Gasteiger partial charge < -0.3 is 14.8 Å². The Balaban J connectivity index is 1.46. The Bertz CT molecular complexity index is 1490. The highest BCUT2D eigenvalue weighted by Gasteiger charge is 2.36. The van der Waals surface area contributed by atoms with E-state index in [1.54, 1.807) is 66.7 Å². The van der Waals surface area contributed by atoms with Crippen molar-refractivity contribution in [2.24, 2.45) is 0 Å². The van der Waals surface area contributed by atoms with Crippen LogP contribution in [0.1, 0.15) is 16.7 Å². The van der Waals surface area contributed by atoms with Crippen molar-refractivity contribution in [2.75, 3.05) is 19.0 Å². The summed E-state index contributed by atoms with van der Waals surface area (Å²) >= 11 is 10.2. The van der Waals surface area contributed by atoms with Gasteiger partial charge in [-0.1, -0.05) is 29.8 Å². The molecule has 4 rings (SSSR count). The van der Waals surface area contributed by atoms with Crippen molar-refractivity contribution in [1.82, 2.24) is 4.90 Å². The van der Waals surface area contributed by atoms with Gasteiger partial charge in [-0.25, -0.2) is 0 Å². The van der Waals surface area contributed by atoms with Gasteiger partial charge in [-0.3, -0.25) is 19.3 Å². The van der Waals surface area contributed by atoms with Crippen molar-refractivity contribution in [3.63, 3.8) is 0 Å². The van der Waals surface area contributed by atoms with E-state index in [9.17, 15) is 14.4 Å². The van der Waals surface area contributed by atoms with E-state index < -0.39 is 23.6 Å². The van der Waals surface area contributed by atoms with Gasteiger partial charge in [-0.2, -0.15) is 5.26 Å². The topological polar surface area (TPSA) is 109 Å². The Hall–Kier alpha value is -3.78. The minimum Gasteiger partial charge on any atom is -0.493 e. The van der Waals surface area contributed by atoms with E-state index in [0.29, 0.717) is 37.8 Å². The van der Waals surface area contributed by atoms with Gasteiger partial charge in [0.05, 0.1) is 28.1 Å². The van der Waals surface area contributed by atoms with Crippen LogP contribution in [0, 0.1) is 11.3 Å². The van der Waals surface area contributed by atoms with E-state index in [4.69, 9.17) is 26.3 Å². The zero-order valence-corrected chi connectivity index (χ0v) is 23.0. The second kappa shape index (κ2) is 12.2. The molecule has 3 aromatic carbocycles. The lowest BCUT2D eigenvalue weighted by atomic mass is 10.1. The van der Waals surface area contributed by atoms with E-state index in [-0.39, 0.29) is 11.5 Å². The van der Waals surface area contributed by atoms with Crippen LogP contribution in [0.5, 0.6) is 11.5 Å². The van der Waals surface area contributed by atoms with Gasteiger partial charge in [0.25, 0.3) is 11.1 Å². The molecule has 0 saturated carbocycles. The molecule has 0 bridgehead atoms. The molecule has 1 aliphatic heterocycles. The number of imide groups is 1. The molecule has 192 valence electrons. The molecule has 0 radical (unpaired) electrons. The first kappa shape index (κ1) is 27.3. The van der Waals surface area contributed by atoms with Crippen molar-refractivity contribution in [3.8, 4) is 17.6 Å². The summed E-state index contributed by atoms with van der Waals surface area (Å²) in [4.78, 5) is 38.9. The maximum Gasteiger partial charge on any atom is 0.294 e. The Morgan fingerprint density at radius 3 is 2.63 bits per heavy atom. The van der Waals surface area contributed by atoms with Crippen LogP contribution in [-0.2, 0) is 16.2 Å². The number of nitrogens with zero attached hydrogens (tertiary/aromatic N) is 2. The summed E-state index contributed by atoms with van der Waals surface area (Å²) in [5.74, 6) is -0.222. The minimum atomic E-state index is -0.572. The average molecular weight is 613 g/mol. The molecule has 0 aliphatic carbocycles. The summed E-state index contributed by atoms with van der Waals surface area (Å²) in [6, 6.07) is 19.1. The molecule has 3 aromatic rings. The molecule has 0 unspecified atom stereocenters. The summed E-state index contributed by atoms with van der Waals surface area (Å²) in [6.07, 6.45) is 1.55. The van der Waals surface area contributed by atoms with Crippen molar-refractivity contribution in [2.45, 2.75) is 6.61 Å². The number of amides is 3. The first-order chi connectivity index (χ1) is 18.3. The van der Waals surface area contributed by atoms with Crippen LogP contribution >= 0.6 is 39.3 Å². The quantitative estimate of drug-likeness (QED) is 0.300. The number of benzene rings is 3. The lowest BCUT2D eigenvalue weighted by Gasteiger charge is -2.14. The average Bonchev–Trinajstić information content (AvgIpc) is 3.15. The van der Waals surface area contributed by atoms with Gasteiger partial charge in [0, 0.05) is 10.7 Å². The lowest BCUT2D eigenvalue weighted by molar-refractivity contribution is -0.127. The van der Waals surface area contributed by atoms with Crippen LogP contribution in [0.25, 0.3) is 6.08 Å². The van der Waals surface area contributed by atoms with Gasteiger partial charge in [-0.15, -0.1) is 0 Å². The second-order valence-electron chi connectivity index (χ2n) is 7.96. The van der Waals surface area contributed by atoms with E-state index in [1.807, 2.05) is 0 Å². The minimum absolute atomic E-state index is 0.172.